The first-order valence-corrected chi connectivity index (χ1v) is 14.9. The number of hydrogen-bond donors (Lipinski definition) is 1. The molecule has 12 heteroatoms. The summed E-state index contributed by atoms with van der Waals surface area (Å²) in [5, 5.41) is 0. The van der Waals surface area contributed by atoms with Crippen LogP contribution in [0.5, 0.6) is 11.9 Å². The van der Waals surface area contributed by atoms with E-state index in [-0.39, 0.29) is 70.8 Å². The Bertz CT molecular complexity index is 1510. The zero-order valence-corrected chi connectivity index (χ0v) is 27.1. The number of nitrogens with zero attached hydrogens (tertiary/aromatic N) is 4. The van der Waals surface area contributed by atoms with Crippen LogP contribution < -0.4 is 43.8 Å². The Morgan fingerprint density at radius 3 is 2.10 bits per heavy atom. The van der Waals surface area contributed by atoms with Crippen molar-refractivity contribution in [3.63, 3.8) is 0 Å². The average molecular weight is 589 g/mol. The number of ether oxygens (including phenoxy) is 2. The zero-order chi connectivity index (χ0) is 28.0. The second kappa shape index (κ2) is 13.8. The summed E-state index contributed by atoms with van der Waals surface area (Å²) in [6.07, 6.45) is 6.57. The fourth-order valence-electron chi connectivity index (χ4n) is 3.61. The van der Waals surface area contributed by atoms with Crippen LogP contribution in [-0.4, -0.2) is 47.8 Å². The number of nitrogens with one attached hydrogen (secondary N) is 1. The van der Waals surface area contributed by atoms with Crippen molar-refractivity contribution < 1.29 is 47.4 Å². The first-order chi connectivity index (χ1) is 18.6. The molecule has 0 radical (unpaired) electrons. The van der Waals surface area contributed by atoms with Gasteiger partial charge in [-0.05, 0) is 41.9 Å². The molecule has 9 nitrogen and oxygen atoms in total. The molecule has 1 N–H and O–H groups in total. The molecule has 0 unspecified atom stereocenters. The van der Waals surface area contributed by atoms with Crippen LogP contribution in [0.1, 0.15) is 31.9 Å². The second-order valence-corrected chi connectivity index (χ2v) is 12.3. The number of thioether (sulfide) groups is 1. The van der Waals surface area contributed by atoms with Gasteiger partial charge in [0.1, 0.15) is 19.5 Å². The minimum atomic E-state index is -3.94. The third-order valence-corrected chi connectivity index (χ3v) is 7.84. The Kier molecular flexibility index (Phi) is 11.0. The quantitative estimate of drug-likeness (QED) is 0.170. The molecule has 0 amide bonds. The van der Waals surface area contributed by atoms with Gasteiger partial charge in [-0.2, -0.15) is 0 Å². The van der Waals surface area contributed by atoms with Gasteiger partial charge in [-0.3, -0.25) is 4.72 Å². The van der Waals surface area contributed by atoms with Crippen LogP contribution in [0, 0.1) is 6.92 Å². The normalized spacial score (nSPS) is 11.4. The van der Waals surface area contributed by atoms with Crippen LogP contribution in [0.15, 0.2) is 77.0 Å². The summed E-state index contributed by atoms with van der Waals surface area (Å²) in [4.78, 5) is 17.9. The number of sulfonamides is 1. The summed E-state index contributed by atoms with van der Waals surface area (Å²) in [6, 6.07) is 14.7. The monoisotopic (exact) mass is 588 g/mol. The molecule has 2 aromatic carbocycles. The molecule has 204 valence electrons. The van der Waals surface area contributed by atoms with E-state index in [1.807, 2.05) is 49.6 Å². The van der Waals surface area contributed by atoms with Crippen LogP contribution >= 0.6 is 11.8 Å². The van der Waals surface area contributed by atoms with E-state index in [1.54, 1.807) is 36.3 Å². The first-order valence-electron chi connectivity index (χ1n) is 12.2. The number of aromatic nitrogens is 4. The van der Waals surface area contributed by atoms with E-state index >= 15 is 0 Å². The van der Waals surface area contributed by atoms with Crippen molar-refractivity contribution in [1.29, 1.82) is 0 Å². The van der Waals surface area contributed by atoms with E-state index in [2.05, 4.69) is 45.4 Å². The van der Waals surface area contributed by atoms with Crippen molar-refractivity contribution in [3.05, 3.63) is 78.4 Å². The Morgan fingerprint density at radius 2 is 1.50 bits per heavy atom. The van der Waals surface area contributed by atoms with E-state index < -0.39 is 10.0 Å². The molecule has 0 aliphatic carbocycles. The predicted octanol–water partition coefficient (Wildman–Crippen LogP) is 2.52. The van der Waals surface area contributed by atoms with Gasteiger partial charge >= 0.3 is 35.6 Å². The standard InChI is InChI=1S/C28H31N5O4S2.Na/c1-19-6-8-20(9-7-19)24-25(33-39(34,35)23-12-10-21(11-13-23)28(2,3)4)31-18-32-26(24)36-14-15-37-27-29-16-22(38-5)17-30-27;/h6-13,16-18H,14-15H2,1-5H3,(H,31,32,33);/q;+1. The van der Waals surface area contributed by atoms with Gasteiger partial charge < -0.3 is 9.47 Å². The SMILES string of the molecule is CSc1cnc(OCCOc2ncnc(NS(=O)(=O)c3ccc(C(C)(C)C)cc3)c2-c2ccc(C)cc2)nc1.[Na+]. The van der Waals surface area contributed by atoms with Crippen molar-refractivity contribution in [1.82, 2.24) is 19.9 Å². The van der Waals surface area contributed by atoms with E-state index in [0.29, 0.717) is 11.1 Å². The summed E-state index contributed by atoms with van der Waals surface area (Å²) in [7, 11) is -3.94. The largest absolute Gasteiger partial charge is 1.00 e. The van der Waals surface area contributed by atoms with Crippen LogP contribution in [-0.2, 0) is 15.4 Å². The predicted molar refractivity (Wildman–Crippen MR) is 153 cm³/mol. The molecular weight excluding hydrogens is 557 g/mol. The molecule has 0 saturated heterocycles. The van der Waals surface area contributed by atoms with Gasteiger partial charge in [0.2, 0.25) is 5.88 Å². The maximum absolute atomic E-state index is 13.3. The number of hydrogen-bond acceptors (Lipinski definition) is 9. The molecule has 2 heterocycles. The van der Waals surface area contributed by atoms with Gasteiger partial charge in [-0.25, -0.2) is 28.4 Å². The fraction of sp³-hybridized carbons (Fsp3) is 0.286. The van der Waals surface area contributed by atoms with Gasteiger partial charge in [-0.1, -0.05) is 62.7 Å². The van der Waals surface area contributed by atoms with Gasteiger partial charge in [0.15, 0.2) is 5.82 Å². The molecule has 0 atom stereocenters. The molecule has 0 bridgehead atoms. The Hall–Kier alpha value is -2.70. The minimum Gasteiger partial charge on any atom is -0.473 e. The second-order valence-electron chi connectivity index (χ2n) is 9.75. The summed E-state index contributed by atoms with van der Waals surface area (Å²) >= 11 is 1.54. The Balaban J connectivity index is 0.00000441. The summed E-state index contributed by atoms with van der Waals surface area (Å²) in [6.45, 7) is 8.48. The van der Waals surface area contributed by atoms with Crippen molar-refractivity contribution >= 4 is 27.6 Å². The summed E-state index contributed by atoms with van der Waals surface area (Å²) in [5.74, 6) is 0.331. The molecule has 0 aliphatic rings. The van der Waals surface area contributed by atoms with Gasteiger partial charge in [0.05, 0.1) is 10.5 Å². The van der Waals surface area contributed by atoms with Crippen LogP contribution in [0.2, 0.25) is 0 Å². The topological polar surface area (TPSA) is 116 Å². The van der Waals surface area contributed by atoms with Gasteiger partial charge in [0.25, 0.3) is 10.0 Å². The van der Waals surface area contributed by atoms with E-state index in [9.17, 15) is 8.42 Å². The molecule has 0 saturated carbocycles. The molecule has 4 aromatic rings. The van der Waals surface area contributed by atoms with Crippen molar-refractivity contribution in [2.45, 2.75) is 42.9 Å². The third-order valence-electron chi connectivity index (χ3n) is 5.81. The molecule has 40 heavy (non-hydrogen) atoms. The van der Waals surface area contributed by atoms with E-state index in [1.165, 1.54) is 6.33 Å². The van der Waals surface area contributed by atoms with Crippen molar-refractivity contribution in [2.75, 3.05) is 24.2 Å². The maximum Gasteiger partial charge on any atom is 1.00 e. The van der Waals surface area contributed by atoms with Crippen LogP contribution in [0.25, 0.3) is 11.1 Å². The van der Waals surface area contributed by atoms with Gasteiger partial charge in [-0.15, -0.1) is 11.8 Å². The fourth-order valence-corrected chi connectivity index (χ4v) is 4.95. The smallest absolute Gasteiger partial charge is 0.473 e. The first kappa shape index (κ1) is 31.8. The Morgan fingerprint density at radius 1 is 0.875 bits per heavy atom. The zero-order valence-electron chi connectivity index (χ0n) is 23.5. The number of anilines is 1. The molecule has 4 rings (SSSR count). The van der Waals surface area contributed by atoms with Crippen LogP contribution in [0.4, 0.5) is 5.82 Å². The van der Waals surface area contributed by atoms with Crippen molar-refractivity contribution in [2.24, 2.45) is 0 Å². The molecular formula is C28H31N5NaO4S2+. The van der Waals surface area contributed by atoms with Gasteiger partial charge in [0, 0.05) is 17.3 Å². The number of aryl methyl sites for hydroxylation is 1. The summed E-state index contributed by atoms with van der Waals surface area (Å²) < 4.78 is 40.8. The molecule has 0 spiro atoms. The third kappa shape index (κ3) is 8.17. The van der Waals surface area contributed by atoms with Crippen LogP contribution in [0.3, 0.4) is 0 Å². The van der Waals surface area contributed by atoms with E-state index in [0.717, 1.165) is 16.0 Å². The molecule has 0 fully saturated rings. The molecule has 2 aromatic heterocycles. The average Bonchev–Trinajstić information content (AvgIpc) is 2.91. The number of rotatable bonds is 10. The minimum absolute atomic E-state index is 0. The van der Waals surface area contributed by atoms with Crippen molar-refractivity contribution in [3.8, 4) is 23.0 Å². The molecule has 0 aliphatic heterocycles. The van der Waals surface area contributed by atoms with E-state index in [4.69, 9.17) is 9.47 Å². The Labute approximate surface area is 261 Å². The summed E-state index contributed by atoms with van der Waals surface area (Å²) in [5.41, 5.74) is 3.12. The maximum atomic E-state index is 13.3. The number of benzene rings is 2.